The van der Waals surface area contributed by atoms with E-state index in [4.69, 9.17) is 9.47 Å². The number of hydrogen-bond donors (Lipinski definition) is 1. The molecule has 7 nitrogen and oxygen atoms in total. The van der Waals surface area contributed by atoms with Gasteiger partial charge in [0.15, 0.2) is 11.5 Å². The van der Waals surface area contributed by atoms with Gasteiger partial charge >= 0.3 is 5.69 Å². The molecular formula is C19H23N3O4. The van der Waals surface area contributed by atoms with Crippen LogP contribution in [-0.4, -0.2) is 35.7 Å². The zero-order valence-electron chi connectivity index (χ0n) is 15.2. The molecule has 0 bridgehead atoms. The minimum atomic E-state index is -0.293. The number of hydrogen-bond acceptors (Lipinski definition) is 5. The Morgan fingerprint density at radius 2 is 2.23 bits per heavy atom. The summed E-state index contributed by atoms with van der Waals surface area (Å²) in [6.07, 6.45) is 0.601. The molecule has 1 N–H and O–H groups in total. The quantitative estimate of drug-likeness (QED) is 0.870. The van der Waals surface area contributed by atoms with Gasteiger partial charge < -0.3 is 14.8 Å². The van der Waals surface area contributed by atoms with E-state index < -0.39 is 0 Å². The van der Waals surface area contributed by atoms with Gasteiger partial charge in [-0.25, -0.2) is 4.79 Å². The first kappa shape index (κ1) is 18.0. The number of nitrogens with one attached hydrogen (secondary N) is 1. The van der Waals surface area contributed by atoms with Gasteiger partial charge in [-0.1, -0.05) is 12.1 Å². The van der Waals surface area contributed by atoms with E-state index in [-0.39, 0.29) is 17.5 Å². The number of benzene rings is 1. The van der Waals surface area contributed by atoms with Crippen molar-refractivity contribution in [3.8, 4) is 11.5 Å². The Kier molecular flexibility index (Phi) is 5.25. The molecule has 1 aromatic heterocycles. The Hall–Kier alpha value is -2.83. The summed E-state index contributed by atoms with van der Waals surface area (Å²) < 4.78 is 12.6. The van der Waals surface area contributed by atoms with Crippen molar-refractivity contribution in [2.45, 2.75) is 26.8 Å². The van der Waals surface area contributed by atoms with Crippen LogP contribution in [0.15, 0.2) is 29.1 Å². The highest BCUT2D eigenvalue weighted by Crippen LogP contribution is 2.35. The van der Waals surface area contributed by atoms with E-state index in [0.29, 0.717) is 43.3 Å². The summed E-state index contributed by atoms with van der Waals surface area (Å²) in [7, 11) is 1.60. The second kappa shape index (κ2) is 7.59. The largest absolute Gasteiger partial charge is 0.493 e. The predicted molar refractivity (Wildman–Crippen MR) is 96.7 cm³/mol. The smallest absolute Gasteiger partial charge is 0.348 e. The number of fused-ring (bicyclic) bond motifs is 1. The Balaban J connectivity index is 1.59. The zero-order chi connectivity index (χ0) is 18.7. The summed E-state index contributed by atoms with van der Waals surface area (Å²) in [6, 6.07) is 7.52. The Morgan fingerprint density at radius 1 is 1.42 bits per heavy atom. The summed E-state index contributed by atoms with van der Waals surface area (Å²) in [5.41, 5.74) is 2.20. The molecule has 1 aliphatic rings. The van der Waals surface area contributed by atoms with E-state index >= 15 is 0 Å². The van der Waals surface area contributed by atoms with Gasteiger partial charge in [-0.05, 0) is 38.0 Å². The molecule has 0 spiro atoms. The number of aromatic nitrogens is 2. The van der Waals surface area contributed by atoms with E-state index in [1.165, 1.54) is 0 Å². The maximum absolute atomic E-state index is 12.5. The second-order valence-corrected chi connectivity index (χ2v) is 6.42. The van der Waals surface area contributed by atoms with Gasteiger partial charge in [0.1, 0.15) is 6.61 Å². The molecule has 7 heteroatoms. The van der Waals surface area contributed by atoms with E-state index in [1.807, 2.05) is 31.2 Å². The van der Waals surface area contributed by atoms with Crippen LogP contribution in [-0.2, 0) is 17.8 Å². The molecule has 0 radical (unpaired) electrons. The van der Waals surface area contributed by atoms with Gasteiger partial charge in [0.05, 0.1) is 13.0 Å². The summed E-state index contributed by atoms with van der Waals surface area (Å²) in [5, 5.41) is 2.89. The number of carbonyl (C=O) groups is 1. The SMILES string of the molecule is COc1cccc2c1OC[C@H](C(=O)NCCn1c(C)cc(C)nc1=O)C2. The average Bonchev–Trinajstić information content (AvgIpc) is 2.62. The number of carbonyl (C=O) groups excluding carboxylic acids is 1. The van der Waals surface area contributed by atoms with Crippen molar-refractivity contribution in [1.29, 1.82) is 0 Å². The fraction of sp³-hybridized carbons (Fsp3) is 0.421. The van der Waals surface area contributed by atoms with Gasteiger partial charge in [-0.2, -0.15) is 4.98 Å². The van der Waals surface area contributed by atoms with E-state index in [2.05, 4.69) is 10.3 Å². The lowest BCUT2D eigenvalue weighted by Crippen LogP contribution is -2.40. The van der Waals surface area contributed by atoms with E-state index in [1.54, 1.807) is 18.6 Å². The lowest BCUT2D eigenvalue weighted by Gasteiger charge is -2.25. The molecule has 0 unspecified atom stereocenters. The number of ether oxygens (including phenoxy) is 2. The molecule has 1 atom stereocenters. The number of aryl methyl sites for hydroxylation is 2. The third kappa shape index (κ3) is 3.71. The van der Waals surface area contributed by atoms with Crippen LogP contribution in [0.3, 0.4) is 0 Å². The van der Waals surface area contributed by atoms with Crippen molar-refractivity contribution in [1.82, 2.24) is 14.9 Å². The molecule has 3 rings (SSSR count). The van der Waals surface area contributed by atoms with Gasteiger partial charge in [0.25, 0.3) is 0 Å². The monoisotopic (exact) mass is 357 g/mol. The molecule has 0 saturated carbocycles. The van der Waals surface area contributed by atoms with Crippen LogP contribution in [0.4, 0.5) is 0 Å². The number of amides is 1. The molecule has 138 valence electrons. The van der Waals surface area contributed by atoms with Gasteiger partial charge in [-0.3, -0.25) is 9.36 Å². The summed E-state index contributed by atoms with van der Waals surface area (Å²) in [6.45, 7) is 4.71. The molecule has 0 fully saturated rings. The van der Waals surface area contributed by atoms with Crippen LogP contribution in [0.2, 0.25) is 0 Å². The second-order valence-electron chi connectivity index (χ2n) is 6.42. The lowest BCUT2D eigenvalue weighted by molar-refractivity contribution is -0.126. The van der Waals surface area contributed by atoms with Crippen molar-refractivity contribution < 1.29 is 14.3 Å². The first-order valence-corrected chi connectivity index (χ1v) is 8.61. The van der Waals surface area contributed by atoms with Gasteiger partial charge in [0, 0.05) is 24.5 Å². The van der Waals surface area contributed by atoms with Crippen molar-refractivity contribution in [2.24, 2.45) is 5.92 Å². The average molecular weight is 357 g/mol. The first-order valence-electron chi connectivity index (χ1n) is 8.61. The maximum atomic E-state index is 12.5. The molecule has 1 amide bonds. The Morgan fingerprint density at radius 3 is 2.96 bits per heavy atom. The highest BCUT2D eigenvalue weighted by Gasteiger charge is 2.27. The first-order chi connectivity index (χ1) is 12.5. The van der Waals surface area contributed by atoms with Crippen LogP contribution < -0.4 is 20.5 Å². The number of methoxy groups -OCH3 is 1. The maximum Gasteiger partial charge on any atom is 0.348 e. The fourth-order valence-electron chi connectivity index (χ4n) is 3.21. The number of para-hydroxylation sites is 1. The molecule has 1 aliphatic heterocycles. The normalized spacial score (nSPS) is 15.7. The fourth-order valence-corrected chi connectivity index (χ4v) is 3.21. The highest BCUT2D eigenvalue weighted by atomic mass is 16.5. The van der Waals surface area contributed by atoms with Gasteiger partial charge in [-0.15, -0.1) is 0 Å². The van der Waals surface area contributed by atoms with Crippen LogP contribution in [0.25, 0.3) is 0 Å². The van der Waals surface area contributed by atoms with Crippen LogP contribution >= 0.6 is 0 Å². The highest BCUT2D eigenvalue weighted by molar-refractivity contribution is 5.79. The number of rotatable bonds is 5. The van der Waals surface area contributed by atoms with E-state index in [9.17, 15) is 9.59 Å². The topological polar surface area (TPSA) is 82.4 Å². The molecule has 2 heterocycles. The third-order valence-electron chi connectivity index (χ3n) is 4.53. The summed E-state index contributed by atoms with van der Waals surface area (Å²) >= 11 is 0. The van der Waals surface area contributed by atoms with Gasteiger partial charge in [0.2, 0.25) is 5.91 Å². The molecule has 0 aliphatic carbocycles. The lowest BCUT2D eigenvalue weighted by atomic mass is 9.95. The van der Waals surface area contributed by atoms with E-state index in [0.717, 1.165) is 11.3 Å². The molecule has 2 aromatic rings. The van der Waals surface area contributed by atoms with Crippen molar-refractivity contribution in [3.05, 3.63) is 51.7 Å². The summed E-state index contributed by atoms with van der Waals surface area (Å²) in [5.74, 6) is 1.06. The van der Waals surface area contributed by atoms with Crippen LogP contribution in [0.5, 0.6) is 11.5 Å². The van der Waals surface area contributed by atoms with Crippen LogP contribution in [0.1, 0.15) is 17.0 Å². The van der Waals surface area contributed by atoms with Crippen molar-refractivity contribution >= 4 is 5.91 Å². The Bertz CT molecular complexity index is 876. The third-order valence-corrected chi connectivity index (χ3v) is 4.53. The minimum Gasteiger partial charge on any atom is -0.493 e. The Labute approximate surface area is 152 Å². The molecular weight excluding hydrogens is 334 g/mol. The molecule has 26 heavy (non-hydrogen) atoms. The number of nitrogens with zero attached hydrogens (tertiary/aromatic N) is 2. The minimum absolute atomic E-state index is 0.0794. The van der Waals surface area contributed by atoms with Crippen LogP contribution in [0, 0.1) is 19.8 Å². The standard InChI is InChI=1S/C19H23N3O4/c1-12-9-13(2)22(19(24)21-12)8-7-20-18(23)15-10-14-5-4-6-16(25-3)17(14)26-11-15/h4-6,9,15H,7-8,10-11H2,1-3H3,(H,20,23)/t15-/m1/s1. The zero-order valence-corrected chi connectivity index (χ0v) is 15.2. The predicted octanol–water partition coefficient (Wildman–Crippen LogP) is 1.24. The van der Waals surface area contributed by atoms with Crippen molar-refractivity contribution in [2.75, 3.05) is 20.3 Å². The molecule has 0 saturated heterocycles. The van der Waals surface area contributed by atoms with Crippen molar-refractivity contribution in [3.63, 3.8) is 0 Å². The molecule has 1 aromatic carbocycles. The summed E-state index contributed by atoms with van der Waals surface area (Å²) in [4.78, 5) is 28.3.